The second-order valence-corrected chi connectivity index (χ2v) is 5.40. The zero-order chi connectivity index (χ0) is 12.6. The quantitative estimate of drug-likeness (QED) is 0.750. The van der Waals surface area contributed by atoms with Crippen LogP contribution in [0.15, 0.2) is 30.3 Å². The molecule has 3 heteroatoms. The minimum Gasteiger partial charge on any atom is -0.440 e. The van der Waals surface area contributed by atoms with Crippen molar-refractivity contribution in [3.05, 3.63) is 35.9 Å². The van der Waals surface area contributed by atoms with Crippen LogP contribution in [0.2, 0.25) is 0 Å². The van der Waals surface area contributed by atoms with E-state index in [2.05, 4.69) is 11.9 Å². The van der Waals surface area contributed by atoms with E-state index in [1.807, 2.05) is 30.3 Å². The molecule has 0 aliphatic carbocycles. The predicted molar refractivity (Wildman–Crippen MR) is 69.2 cm³/mol. The van der Waals surface area contributed by atoms with Crippen molar-refractivity contribution < 1.29 is 9.53 Å². The van der Waals surface area contributed by atoms with Crippen molar-refractivity contribution in [1.82, 2.24) is 4.90 Å². The summed E-state index contributed by atoms with van der Waals surface area (Å²) in [6, 6.07) is 9.88. The van der Waals surface area contributed by atoms with Gasteiger partial charge in [0.25, 0.3) is 0 Å². The molecule has 2 saturated heterocycles. The van der Waals surface area contributed by atoms with E-state index in [1.54, 1.807) is 0 Å². The maximum atomic E-state index is 12.2. The van der Waals surface area contributed by atoms with Gasteiger partial charge in [-0.3, -0.25) is 4.90 Å². The van der Waals surface area contributed by atoms with E-state index < -0.39 is 0 Å². The fourth-order valence-corrected chi connectivity index (χ4v) is 3.33. The van der Waals surface area contributed by atoms with E-state index in [0.717, 1.165) is 25.7 Å². The van der Waals surface area contributed by atoms with Crippen LogP contribution in [0.3, 0.4) is 0 Å². The average molecular weight is 245 g/mol. The number of hydrogen-bond donors (Lipinski definition) is 0. The van der Waals surface area contributed by atoms with Gasteiger partial charge in [-0.15, -0.1) is 0 Å². The second-order valence-electron chi connectivity index (χ2n) is 5.40. The predicted octanol–water partition coefficient (Wildman–Crippen LogP) is 2.82. The van der Waals surface area contributed by atoms with E-state index >= 15 is 0 Å². The molecule has 1 aromatic carbocycles. The SMILES string of the molecule is CN1C2CCCC1(OC(=O)c1ccccc1)CC2. The molecule has 18 heavy (non-hydrogen) atoms. The molecule has 1 aromatic rings. The third kappa shape index (κ3) is 1.83. The number of ether oxygens (including phenoxy) is 1. The fraction of sp³-hybridized carbons (Fsp3) is 0.533. The zero-order valence-corrected chi connectivity index (χ0v) is 10.8. The molecular weight excluding hydrogens is 226 g/mol. The highest BCUT2D eigenvalue weighted by atomic mass is 16.6. The lowest BCUT2D eigenvalue weighted by atomic mass is 10.0. The van der Waals surface area contributed by atoms with Crippen molar-refractivity contribution in [1.29, 1.82) is 0 Å². The van der Waals surface area contributed by atoms with Gasteiger partial charge in [0, 0.05) is 18.9 Å². The fourth-order valence-electron chi connectivity index (χ4n) is 3.33. The number of hydrogen-bond acceptors (Lipinski definition) is 3. The lowest BCUT2D eigenvalue weighted by Crippen LogP contribution is -2.50. The topological polar surface area (TPSA) is 29.5 Å². The minimum atomic E-state index is -0.337. The van der Waals surface area contributed by atoms with Gasteiger partial charge in [0.2, 0.25) is 0 Å². The Morgan fingerprint density at radius 1 is 1.28 bits per heavy atom. The van der Waals surface area contributed by atoms with Crippen molar-refractivity contribution >= 4 is 5.97 Å². The molecule has 3 rings (SSSR count). The van der Waals surface area contributed by atoms with Crippen molar-refractivity contribution in [3.63, 3.8) is 0 Å². The van der Waals surface area contributed by atoms with Crippen LogP contribution in [-0.2, 0) is 4.74 Å². The molecule has 2 unspecified atom stereocenters. The van der Waals surface area contributed by atoms with Gasteiger partial charge in [0.05, 0.1) is 5.56 Å². The third-order valence-corrected chi connectivity index (χ3v) is 4.46. The lowest BCUT2D eigenvalue weighted by molar-refractivity contribution is -0.116. The summed E-state index contributed by atoms with van der Waals surface area (Å²) in [5, 5.41) is 0. The first kappa shape index (κ1) is 11.7. The standard InChI is InChI=1S/C15H19NO2/c1-16-13-8-5-10-15(16,11-9-13)18-14(17)12-6-3-2-4-7-12/h2-4,6-7,13H,5,8-11H2,1H3. The smallest absolute Gasteiger partial charge is 0.339 e. The Kier molecular flexibility index (Phi) is 2.86. The maximum Gasteiger partial charge on any atom is 0.339 e. The van der Waals surface area contributed by atoms with E-state index in [9.17, 15) is 4.79 Å². The molecule has 0 spiro atoms. The largest absolute Gasteiger partial charge is 0.440 e. The third-order valence-electron chi connectivity index (χ3n) is 4.46. The van der Waals surface area contributed by atoms with Crippen LogP contribution < -0.4 is 0 Å². The molecule has 2 atom stereocenters. The van der Waals surface area contributed by atoms with Crippen LogP contribution >= 0.6 is 0 Å². The van der Waals surface area contributed by atoms with Gasteiger partial charge in [0.15, 0.2) is 5.72 Å². The number of fused-ring (bicyclic) bond motifs is 2. The number of piperidine rings is 1. The van der Waals surface area contributed by atoms with Gasteiger partial charge in [-0.25, -0.2) is 4.79 Å². The van der Waals surface area contributed by atoms with Crippen LogP contribution in [0.1, 0.15) is 42.5 Å². The Morgan fingerprint density at radius 3 is 2.83 bits per heavy atom. The van der Waals surface area contributed by atoms with Crippen LogP contribution in [0.4, 0.5) is 0 Å². The van der Waals surface area contributed by atoms with Crippen LogP contribution in [0, 0.1) is 0 Å². The molecule has 2 heterocycles. The molecule has 0 amide bonds. The summed E-state index contributed by atoms with van der Waals surface area (Å²) in [5.74, 6) is -0.190. The van der Waals surface area contributed by atoms with Gasteiger partial charge < -0.3 is 4.74 Å². The zero-order valence-electron chi connectivity index (χ0n) is 10.8. The van der Waals surface area contributed by atoms with E-state index in [1.165, 1.54) is 6.42 Å². The van der Waals surface area contributed by atoms with E-state index in [4.69, 9.17) is 4.74 Å². The Bertz CT molecular complexity index is 441. The Hall–Kier alpha value is -1.35. The molecule has 3 nitrogen and oxygen atoms in total. The molecule has 0 N–H and O–H groups in total. The van der Waals surface area contributed by atoms with Crippen molar-refractivity contribution in [2.24, 2.45) is 0 Å². The van der Waals surface area contributed by atoms with Crippen molar-refractivity contribution in [2.75, 3.05) is 7.05 Å². The summed E-state index contributed by atoms with van der Waals surface area (Å²) >= 11 is 0. The summed E-state index contributed by atoms with van der Waals surface area (Å²) < 4.78 is 5.86. The van der Waals surface area contributed by atoms with Crippen LogP contribution in [-0.4, -0.2) is 29.7 Å². The van der Waals surface area contributed by atoms with Crippen molar-refractivity contribution in [3.8, 4) is 0 Å². The molecule has 2 bridgehead atoms. The summed E-state index contributed by atoms with van der Waals surface area (Å²) in [4.78, 5) is 14.5. The number of nitrogens with zero attached hydrogens (tertiary/aromatic N) is 1. The number of benzene rings is 1. The first-order chi connectivity index (χ1) is 8.71. The first-order valence-electron chi connectivity index (χ1n) is 6.73. The first-order valence-corrected chi connectivity index (χ1v) is 6.73. The van der Waals surface area contributed by atoms with Crippen LogP contribution in [0.5, 0.6) is 0 Å². The number of esters is 1. The second kappa shape index (κ2) is 4.39. The highest BCUT2D eigenvalue weighted by Gasteiger charge is 2.49. The molecule has 2 aliphatic heterocycles. The molecule has 0 saturated carbocycles. The molecule has 0 aromatic heterocycles. The average Bonchev–Trinajstić information content (AvgIpc) is 2.60. The summed E-state index contributed by atoms with van der Waals surface area (Å²) in [7, 11) is 2.09. The van der Waals surface area contributed by atoms with Gasteiger partial charge in [0.1, 0.15) is 0 Å². The number of carbonyl (C=O) groups excluding carboxylic acids is 1. The van der Waals surface area contributed by atoms with Gasteiger partial charge in [-0.2, -0.15) is 0 Å². The van der Waals surface area contributed by atoms with Gasteiger partial charge in [-0.05, 0) is 38.4 Å². The Labute approximate surface area is 108 Å². The maximum absolute atomic E-state index is 12.2. The molecule has 96 valence electrons. The summed E-state index contributed by atoms with van der Waals surface area (Å²) in [6.07, 6.45) is 5.50. The Morgan fingerprint density at radius 2 is 2.06 bits per heavy atom. The molecule has 2 aliphatic rings. The number of carbonyl (C=O) groups is 1. The minimum absolute atomic E-state index is 0.190. The molecule has 0 radical (unpaired) electrons. The highest BCUT2D eigenvalue weighted by Crippen LogP contribution is 2.43. The van der Waals surface area contributed by atoms with Gasteiger partial charge in [-0.1, -0.05) is 18.2 Å². The molecular formula is C15H19NO2. The van der Waals surface area contributed by atoms with E-state index in [-0.39, 0.29) is 11.7 Å². The monoisotopic (exact) mass is 245 g/mol. The molecule has 2 fully saturated rings. The highest BCUT2D eigenvalue weighted by molar-refractivity contribution is 5.89. The summed E-state index contributed by atoms with van der Waals surface area (Å²) in [5.41, 5.74) is 0.310. The lowest BCUT2D eigenvalue weighted by Gasteiger charge is -2.41. The number of rotatable bonds is 2. The van der Waals surface area contributed by atoms with E-state index in [0.29, 0.717) is 11.6 Å². The normalized spacial score (nSPS) is 31.3. The van der Waals surface area contributed by atoms with Crippen LogP contribution in [0.25, 0.3) is 0 Å². The summed E-state index contributed by atoms with van der Waals surface area (Å²) in [6.45, 7) is 0. The Balaban J connectivity index is 1.78. The van der Waals surface area contributed by atoms with Crippen molar-refractivity contribution in [2.45, 2.75) is 43.9 Å². The van der Waals surface area contributed by atoms with Gasteiger partial charge >= 0.3 is 5.97 Å².